The van der Waals surface area contributed by atoms with E-state index >= 15 is 0 Å². The highest BCUT2D eigenvalue weighted by Crippen LogP contribution is 2.16. The SMILES string of the molecule is CCNCCCN1CCN(c2ccc(F)cc2)CC1. The highest BCUT2D eigenvalue weighted by Gasteiger charge is 2.16. The van der Waals surface area contributed by atoms with Crippen molar-refractivity contribution in [2.24, 2.45) is 0 Å². The minimum absolute atomic E-state index is 0.161. The molecule has 1 aromatic carbocycles. The molecule has 1 saturated heterocycles. The molecule has 0 saturated carbocycles. The van der Waals surface area contributed by atoms with Crippen LogP contribution in [0, 0.1) is 5.82 Å². The third kappa shape index (κ3) is 4.48. The van der Waals surface area contributed by atoms with Crippen molar-refractivity contribution in [3.05, 3.63) is 30.1 Å². The molecular weight excluding hydrogens is 241 g/mol. The molecule has 1 aliphatic rings. The summed E-state index contributed by atoms with van der Waals surface area (Å²) in [5.74, 6) is -0.161. The van der Waals surface area contributed by atoms with Crippen LogP contribution in [0.2, 0.25) is 0 Å². The van der Waals surface area contributed by atoms with E-state index in [1.165, 1.54) is 25.1 Å². The van der Waals surface area contributed by atoms with E-state index in [0.29, 0.717) is 0 Å². The Hall–Kier alpha value is -1.13. The Morgan fingerprint density at radius 2 is 1.79 bits per heavy atom. The molecule has 0 radical (unpaired) electrons. The van der Waals surface area contributed by atoms with Gasteiger partial charge in [0, 0.05) is 31.9 Å². The number of nitrogens with one attached hydrogen (secondary N) is 1. The fourth-order valence-corrected chi connectivity index (χ4v) is 2.49. The fourth-order valence-electron chi connectivity index (χ4n) is 2.49. The van der Waals surface area contributed by atoms with E-state index in [1.54, 1.807) is 0 Å². The second-order valence-corrected chi connectivity index (χ2v) is 5.01. The first-order valence-electron chi connectivity index (χ1n) is 7.23. The second-order valence-electron chi connectivity index (χ2n) is 5.01. The minimum Gasteiger partial charge on any atom is -0.369 e. The van der Waals surface area contributed by atoms with Crippen molar-refractivity contribution < 1.29 is 4.39 Å². The van der Waals surface area contributed by atoms with Crippen LogP contribution in [0.15, 0.2) is 24.3 Å². The third-order valence-corrected chi connectivity index (χ3v) is 3.64. The number of benzene rings is 1. The van der Waals surface area contributed by atoms with Gasteiger partial charge in [-0.25, -0.2) is 4.39 Å². The van der Waals surface area contributed by atoms with Crippen LogP contribution in [0.5, 0.6) is 0 Å². The molecule has 0 bridgehead atoms. The topological polar surface area (TPSA) is 18.5 Å². The number of hydrogen-bond acceptors (Lipinski definition) is 3. The molecular formula is C15H24FN3. The molecule has 4 heteroatoms. The van der Waals surface area contributed by atoms with Crippen molar-refractivity contribution in [2.75, 3.05) is 50.7 Å². The van der Waals surface area contributed by atoms with Crippen LogP contribution in [0.3, 0.4) is 0 Å². The average molecular weight is 265 g/mol. The highest BCUT2D eigenvalue weighted by molar-refractivity contribution is 5.46. The predicted molar refractivity (Wildman–Crippen MR) is 78.2 cm³/mol. The van der Waals surface area contributed by atoms with Crippen molar-refractivity contribution >= 4 is 5.69 Å². The molecule has 1 heterocycles. The molecule has 0 amide bonds. The van der Waals surface area contributed by atoms with Gasteiger partial charge in [-0.2, -0.15) is 0 Å². The van der Waals surface area contributed by atoms with Gasteiger partial charge in [0.1, 0.15) is 5.82 Å². The van der Waals surface area contributed by atoms with Gasteiger partial charge in [0.2, 0.25) is 0 Å². The molecule has 106 valence electrons. The third-order valence-electron chi connectivity index (χ3n) is 3.64. The normalized spacial score (nSPS) is 16.8. The molecule has 3 nitrogen and oxygen atoms in total. The lowest BCUT2D eigenvalue weighted by atomic mass is 10.2. The van der Waals surface area contributed by atoms with Crippen molar-refractivity contribution in [1.29, 1.82) is 0 Å². The Kier molecular flexibility index (Phi) is 5.61. The van der Waals surface area contributed by atoms with E-state index in [1.807, 2.05) is 12.1 Å². The minimum atomic E-state index is -0.161. The summed E-state index contributed by atoms with van der Waals surface area (Å²) >= 11 is 0. The Bertz CT molecular complexity index is 358. The van der Waals surface area contributed by atoms with Crippen molar-refractivity contribution in [2.45, 2.75) is 13.3 Å². The number of piperazine rings is 1. The Morgan fingerprint density at radius 3 is 2.42 bits per heavy atom. The molecule has 1 aromatic rings. The van der Waals surface area contributed by atoms with Gasteiger partial charge in [-0.3, -0.25) is 4.90 Å². The largest absolute Gasteiger partial charge is 0.369 e. The maximum absolute atomic E-state index is 12.9. The van der Waals surface area contributed by atoms with Crippen LogP contribution in [0.25, 0.3) is 0 Å². The van der Waals surface area contributed by atoms with Gasteiger partial charge in [-0.1, -0.05) is 6.92 Å². The highest BCUT2D eigenvalue weighted by atomic mass is 19.1. The Morgan fingerprint density at radius 1 is 1.11 bits per heavy atom. The van der Waals surface area contributed by atoms with Gasteiger partial charge in [0.05, 0.1) is 0 Å². The van der Waals surface area contributed by atoms with Crippen molar-refractivity contribution in [1.82, 2.24) is 10.2 Å². The molecule has 1 N–H and O–H groups in total. The van der Waals surface area contributed by atoms with Crippen molar-refractivity contribution in [3.8, 4) is 0 Å². The molecule has 0 aromatic heterocycles. The van der Waals surface area contributed by atoms with Crippen LogP contribution in [-0.4, -0.2) is 50.7 Å². The van der Waals surface area contributed by atoms with E-state index in [9.17, 15) is 4.39 Å². The van der Waals surface area contributed by atoms with E-state index in [0.717, 1.165) is 45.0 Å². The van der Waals surface area contributed by atoms with E-state index in [-0.39, 0.29) is 5.82 Å². The Balaban J connectivity index is 1.71. The van der Waals surface area contributed by atoms with Crippen molar-refractivity contribution in [3.63, 3.8) is 0 Å². The quantitative estimate of drug-likeness (QED) is 0.793. The predicted octanol–water partition coefficient (Wildman–Crippen LogP) is 1.95. The number of rotatable bonds is 6. The fraction of sp³-hybridized carbons (Fsp3) is 0.600. The van der Waals surface area contributed by atoms with Gasteiger partial charge < -0.3 is 10.2 Å². The zero-order valence-electron chi connectivity index (χ0n) is 11.7. The van der Waals surface area contributed by atoms with Gasteiger partial charge in [0.25, 0.3) is 0 Å². The molecule has 1 fully saturated rings. The van der Waals surface area contributed by atoms with Crippen LogP contribution in [0.4, 0.5) is 10.1 Å². The lowest BCUT2D eigenvalue weighted by Gasteiger charge is -2.36. The van der Waals surface area contributed by atoms with Crippen LogP contribution in [-0.2, 0) is 0 Å². The summed E-state index contributed by atoms with van der Waals surface area (Å²) in [6.07, 6.45) is 1.21. The average Bonchev–Trinajstić information content (AvgIpc) is 2.45. The Labute approximate surface area is 115 Å². The second kappa shape index (κ2) is 7.46. The van der Waals surface area contributed by atoms with Gasteiger partial charge >= 0.3 is 0 Å². The zero-order chi connectivity index (χ0) is 13.5. The molecule has 0 aliphatic carbocycles. The molecule has 19 heavy (non-hydrogen) atoms. The lowest BCUT2D eigenvalue weighted by molar-refractivity contribution is 0.254. The first-order valence-corrected chi connectivity index (χ1v) is 7.23. The summed E-state index contributed by atoms with van der Waals surface area (Å²) in [5.41, 5.74) is 1.13. The molecule has 0 spiro atoms. The van der Waals surface area contributed by atoms with E-state index in [4.69, 9.17) is 0 Å². The summed E-state index contributed by atoms with van der Waals surface area (Å²) < 4.78 is 12.9. The monoisotopic (exact) mass is 265 g/mol. The summed E-state index contributed by atoms with van der Waals surface area (Å²) in [7, 11) is 0. The maximum atomic E-state index is 12.9. The maximum Gasteiger partial charge on any atom is 0.123 e. The molecule has 2 rings (SSSR count). The molecule has 1 aliphatic heterocycles. The number of anilines is 1. The first-order chi connectivity index (χ1) is 9.29. The number of halogens is 1. The van der Waals surface area contributed by atoms with Gasteiger partial charge in [0.15, 0.2) is 0 Å². The zero-order valence-corrected chi connectivity index (χ0v) is 11.7. The standard InChI is InChI=1S/C15H24FN3/c1-2-17-8-3-9-18-10-12-19(13-11-18)15-6-4-14(16)5-7-15/h4-7,17H,2-3,8-13H2,1H3. The summed E-state index contributed by atoms with van der Waals surface area (Å²) in [6.45, 7) is 9.74. The first kappa shape index (κ1) is 14.3. The summed E-state index contributed by atoms with van der Waals surface area (Å²) in [4.78, 5) is 4.84. The smallest absolute Gasteiger partial charge is 0.123 e. The van der Waals surface area contributed by atoms with E-state index < -0.39 is 0 Å². The summed E-state index contributed by atoms with van der Waals surface area (Å²) in [6, 6.07) is 6.82. The number of nitrogens with zero attached hydrogens (tertiary/aromatic N) is 2. The van der Waals surface area contributed by atoms with Crippen LogP contribution < -0.4 is 10.2 Å². The van der Waals surface area contributed by atoms with Crippen LogP contribution in [0.1, 0.15) is 13.3 Å². The lowest BCUT2D eigenvalue weighted by Crippen LogP contribution is -2.47. The molecule has 0 atom stereocenters. The van der Waals surface area contributed by atoms with Crippen LogP contribution >= 0.6 is 0 Å². The number of hydrogen-bond donors (Lipinski definition) is 1. The van der Waals surface area contributed by atoms with E-state index in [2.05, 4.69) is 22.0 Å². The van der Waals surface area contributed by atoms with Gasteiger partial charge in [-0.15, -0.1) is 0 Å². The van der Waals surface area contributed by atoms with Gasteiger partial charge in [-0.05, 0) is 50.3 Å². The molecule has 0 unspecified atom stereocenters. The summed E-state index contributed by atoms with van der Waals surface area (Å²) in [5, 5.41) is 3.36.